The van der Waals surface area contributed by atoms with Gasteiger partial charge in [0.15, 0.2) is 11.5 Å². The summed E-state index contributed by atoms with van der Waals surface area (Å²) in [4.78, 5) is 25.5. The van der Waals surface area contributed by atoms with Crippen LogP contribution in [-0.4, -0.2) is 72.1 Å². The summed E-state index contributed by atoms with van der Waals surface area (Å²) in [7, 11) is 2.05. The molecule has 0 radical (unpaired) electrons. The van der Waals surface area contributed by atoms with Gasteiger partial charge in [-0.1, -0.05) is 12.1 Å². The van der Waals surface area contributed by atoms with Crippen LogP contribution in [0.1, 0.15) is 28.0 Å². The van der Waals surface area contributed by atoms with E-state index in [2.05, 4.69) is 33.3 Å². The summed E-state index contributed by atoms with van der Waals surface area (Å²) in [5.74, 6) is 1.45. The van der Waals surface area contributed by atoms with Crippen LogP contribution in [0.3, 0.4) is 0 Å². The van der Waals surface area contributed by atoms with E-state index in [9.17, 15) is 4.79 Å². The molecule has 1 aliphatic rings. The van der Waals surface area contributed by atoms with Gasteiger partial charge in [-0.25, -0.2) is 4.98 Å². The van der Waals surface area contributed by atoms with Crippen LogP contribution in [0.15, 0.2) is 57.8 Å². The Morgan fingerprint density at radius 3 is 2.83 bits per heavy atom. The van der Waals surface area contributed by atoms with E-state index >= 15 is 0 Å². The first-order valence-electron chi connectivity index (χ1n) is 12.3. The number of hydrogen-bond acceptors (Lipinski definition) is 8. The highest BCUT2D eigenvalue weighted by Gasteiger charge is 2.25. The highest BCUT2D eigenvalue weighted by atomic mass is 16.5. The number of fused-ring (bicyclic) bond motifs is 1. The highest BCUT2D eigenvalue weighted by molar-refractivity contribution is 5.94. The molecule has 1 aromatic carbocycles. The van der Waals surface area contributed by atoms with Crippen molar-refractivity contribution in [3.63, 3.8) is 0 Å². The van der Waals surface area contributed by atoms with Gasteiger partial charge in [0.05, 0.1) is 12.0 Å². The maximum atomic E-state index is 12.9. The maximum Gasteiger partial charge on any atom is 0.275 e. The molecule has 0 bridgehead atoms. The molecule has 0 unspecified atom stereocenters. The fraction of sp³-hybridized carbons (Fsp3) is 0.370. The Balaban J connectivity index is 1.23. The summed E-state index contributed by atoms with van der Waals surface area (Å²) in [6.07, 6.45) is 5.91. The zero-order valence-corrected chi connectivity index (χ0v) is 20.7. The Morgan fingerprint density at radius 2 is 2.03 bits per heavy atom. The minimum absolute atomic E-state index is 0.118. The van der Waals surface area contributed by atoms with Gasteiger partial charge in [0, 0.05) is 50.7 Å². The number of amides is 1. The van der Waals surface area contributed by atoms with Crippen molar-refractivity contribution >= 4 is 16.9 Å². The van der Waals surface area contributed by atoms with Crippen molar-refractivity contribution in [1.82, 2.24) is 25.1 Å². The lowest BCUT2D eigenvalue weighted by Gasteiger charge is -2.31. The fourth-order valence-corrected chi connectivity index (χ4v) is 4.35. The van der Waals surface area contributed by atoms with Crippen molar-refractivity contribution in [3.05, 3.63) is 65.8 Å². The number of nitrogens with one attached hydrogen (secondary N) is 1. The maximum absolute atomic E-state index is 12.9. The van der Waals surface area contributed by atoms with Crippen molar-refractivity contribution < 1.29 is 18.4 Å². The number of aryl methyl sites for hydroxylation is 1. The summed E-state index contributed by atoms with van der Waals surface area (Å²) >= 11 is 0. The van der Waals surface area contributed by atoms with Crippen LogP contribution in [0.25, 0.3) is 22.6 Å². The third-order valence-corrected chi connectivity index (χ3v) is 6.43. The second-order valence-electron chi connectivity index (χ2n) is 9.06. The zero-order valence-electron chi connectivity index (χ0n) is 20.7. The average molecular weight is 490 g/mol. The molecule has 1 saturated heterocycles. The van der Waals surface area contributed by atoms with Crippen LogP contribution in [-0.2, 0) is 6.54 Å². The first-order chi connectivity index (χ1) is 17.6. The lowest BCUT2D eigenvalue weighted by Crippen LogP contribution is -2.47. The fourth-order valence-electron chi connectivity index (χ4n) is 4.35. The van der Waals surface area contributed by atoms with Crippen LogP contribution in [0, 0.1) is 6.92 Å². The summed E-state index contributed by atoms with van der Waals surface area (Å²) < 4.78 is 17.9. The lowest BCUT2D eigenvalue weighted by molar-refractivity contribution is 0.0658. The van der Waals surface area contributed by atoms with E-state index in [0.29, 0.717) is 42.6 Å². The van der Waals surface area contributed by atoms with Gasteiger partial charge in [0.25, 0.3) is 11.8 Å². The summed E-state index contributed by atoms with van der Waals surface area (Å²) in [6, 6.07) is 9.73. The monoisotopic (exact) mass is 489 g/mol. The summed E-state index contributed by atoms with van der Waals surface area (Å²) in [5, 5.41) is 4.30. The number of furan rings is 1. The van der Waals surface area contributed by atoms with Crippen molar-refractivity contribution in [1.29, 1.82) is 0 Å². The Kier molecular flexibility index (Phi) is 7.29. The van der Waals surface area contributed by atoms with Crippen molar-refractivity contribution in [3.8, 4) is 17.4 Å². The normalized spacial score (nSPS) is 14.4. The smallest absolute Gasteiger partial charge is 0.275 e. The molecule has 1 aliphatic heterocycles. The molecular weight excluding hydrogens is 458 g/mol. The van der Waals surface area contributed by atoms with Gasteiger partial charge in [0.1, 0.15) is 17.6 Å². The first kappa shape index (κ1) is 24.0. The zero-order chi connectivity index (χ0) is 24.9. The predicted molar refractivity (Wildman–Crippen MR) is 136 cm³/mol. The third-order valence-electron chi connectivity index (χ3n) is 6.43. The van der Waals surface area contributed by atoms with Crippen LogP contribution < -0.4 is 10.1 Å². The molecular formula is C27H31N5O4. The summed E-state index contributed by atoms with van der Waals surface area (Å²) in [6.45, 7) is 7.20. The predicted octanol–water partition coefficient (Wildman–Crippen LogP) is 3.74. The van der Waals surface area contributed by atoms with Crippen LogP contribution in [0.2, 0.25) is 0 Å². The van der Waals surface area contributed by atoms with E-state index in [4.69, 9.17) is 13.6 Å². The summed E-state index contributed by atoms with van der Waals surface area (Å²) in [5.41, 5.74) is 3.02. The van der Waals surface area contributed by atoms with Gasteiger partial charge >= 0.3 is 0 Å². The first-order valence-corrected chi connectivity index (χ1v) is 12.3. The van der Waals surface area contributed by atoms with Crippen LogP contribution in [0.4, 0.5) is 0 Å². The van der Waals surface area contributed by atoms with E-state index in [0.717, 1.165) is 54.9 Å². The quantitative estimate of drug-likeness (QED) is 0.355. The van der Waals surface area contributed by atoms with Gasteiger partial charge in [0.2, 0.25) is 0 Å². The Morgan fingerprint density at radius 1 is 1.17 bits per heavy atom. The number of carbonyl (C=O) groups excluding carboxylic acids is 1. The number of piperazine rings is 1. The van der Waals surface area contributed by atoms with Gasteiger partial charge < -0.3 is 28.7 Å². The molecule has 1 fully saturated rings. The number of ether oxygens (including phenoxy) is 1. The SMILES string of the molecule is Cc1c(-c2nc(C(=O)N3CCN(C)CC3)co2)oc2cccc(OCCCNCc3cccnc3)c12. The standard InChI is InChI=1S/C27H31N5O4/c1-19-24-22(34-15-5-10-29-17-20-6-4-9-28-16-20)7-3-8-23(24)36-25(19)26-30-21(18-35-26)27(33)32-13-11-31(2)12-14-32/h3-4,6-9,16,18,29H,5,10-15,17H2,1-2H3. The van der Waals surface area contributed by atoms with Crippen LogP contribution >= 0.6 is 0 Å². The number of likely N-dealkylation sites (N-methyl/N-ethyl adjacent to an activating group) is 1. The second-order valence-corrected chi connectivity index (χ2v) is 9.06. The Labute approximate surface area is 210 Å². The Hall–Kier alpha value is -3.69. The molecule has 0 atom stereocenters. The van der Waals surface area contributed by atoms with Gasteiger partial charge in [-0.15, -0.1) is 0 Å². The molecule has 0 saturated carbocycles. The molecule has 1 amide bonds. The minimum atomic E-state index is -0.118. The van der Waals surface area contributed by atoms with Crippen molar-refractivity contribution in [2.45, 2.75) is 19.9 Å². The molecule has 3 aromatic heterocycles. The molecule has 36 heavy (non-hydrogen) atoms. The number of carbonyl (C=O) groups is 1. The van der Waals surface area contributed by atoms with Crippen molar-refractivity contribution in [2.24, 2.45) is 0 Å². The van der Waals surface area contributed by atoms with E-state index in [1.807, 2.05) is 42.3 Å². The molecule has 5 rings (SSSR count). The van der Waals surface area contributed by atoms with E-state index in [-0.39, 0.29) is 5.91 Å². The van der Waals surface area contributed by atoms with E-state index in [1.165, 1.54) is 6.26 Å². The van der Waals surface area contributed by atoms with E-state index in [1.54, 1.807) is 6.20 Å². The van der Waals surface area contributed by atoms with Crippen molar-refractivity contribution in [2.75, 3.05) is 46.4 Å². The number of oxazole rings is 1. The molecule has 0 aliphatic carbocycles. The highest BCUT2D eigenvalue weighted by Crippen LogP contribution is 2.37. The minimum Gasteiger partial charge on any atom is -0.493 e. The average Bonchev–Trinajstić information content (AvgIpc) is 3.52. The molecule has 9 nitrogen and oxygen atoms in total. The molecule has 1 N–H and O–H groups in total. The number of aromatic nitrogens is 2. The molecule has 0 spiro atoms. The third kappa shape index (κ3) is 5.27. The number of rotatable bonds is 9. The van der Waals surface area contributed by atoms with Crippen LogP contribution in [0.5, 0.6) is 5.75 Å². The van der Waals surface area contributed by atoms with Gasteiger partial charge in [-0.05, 0) is 50.7 Å². The Bertz CT molecular complexity index is 1310. The molecule has 188 valence electrons. The second kappa shape index (κ2) is 10.9. The number of nitrogens with zero attached hydrogens (tertiary/aromatic N) is 4. The van der Waals surface area contributed by atoms with Gasteiger partial charge in [-0.3, -0.25) is 9.78 Å². The van der Waals surface area contributed by atoms with E-state index < -0.39 is 0 Å². The number of hydrogen-bond donors (Lipinski definition) is 1. The molecule has 4 aromatic rings. The number of benzene rings is 1. The molecule has 9 heteroatoms. The largest absolute Gasteiger partial charge is 0.493 e. The van der Waals surface area contributed by atoms with Gasteiger partial charge in [-0.2, -0.15) is 0 Å². The number of pyridine rings is 1. The lowest BCUT2D eigenvalue weighted by atomic mass is 10.1. The molecule has 4 heterocycles. The topological polar surface area (TPSA) is 96.9 Å².